The minimum Gasteiger partial charge on any atom is -0.494 e. The van der Waals surface area contributed by atoms with Crippen molar-refractivity contribution in [2.24, 2.45) is 0 Å². The molecule has 2 aromatic rings. The van der Waals surface area contributed by atoms with Crippen molar-refractivity contribution in [3.05, 3.63) is 59.4 Å². The normalized spacial score (nSPS) is 10.6. The Morgan fingerprint density at radius 1 is 0.964 bits per heavy atom. The maximum Gasteiger partial charge on any atom is 0.344 e. The van der Waals surface area contributed by atoms with E-state index >= 15 is 0 Å². The van der Waals surface area contributed by atoms with Gasteiger partial charge in [0.25, 0.3) is 0 Å². The summed E-state index contributed by atoms with van der Waals surface area (Å²) < 4.78 is 34.0. The number of rotatable bonds is 9. The van der Waals surface area contributed by atoms with E-state index in [9.17, 15) is 14.0 Å². The zero-order chi connectivity index (χ0) is 20.5. The zero-order valence-corrected chi connectivity index (χ0v) is 15.9. The predicted molar refractivity (Wildman–Crippen MR) is 101 cm³/mol. The van der Waals surface area contributed by atoms with Crippen LogP contribution in [0, 0.1) is 5.82 Å². The highest BCUT2D eigenvalue weighted by Gasteiger charge is 2.14. The zero-order valence-electron chi connectivity index (χ0n) is 15.9. The van der Waals surface area contributed by atoms with Crippen molar-refractivity contribution in [3.63, 3.8) is 0 Å². The van der Waals surface area contributed by atoms with Gasteiger partial charge >= 0.3 is 5.97 Å². The molecule has 0 aliphatic heterocycles. The number of hydrogen-bond donors (Lipinski definition) is 0. The third-order valence-corrected chi connectivity index (χ3v) is 3.73. The minimum atomic E-state index is -0.734. The Morgan fingerprint density at radius 2 is 1.68 bits per heavy atom. The van der Waals surface area contributed by atoms with Crippen LogP contribution in [-0.4, -0.2) is 39.2 Å². The van der Waals surface area contributed by atoms with Crippen LogP contribution in [0.15, 0.2) is 42.5 Å². The fraction of sp³-hybridized carbons (Fsp3) is 0.238. The molecule has 0 radical (unpaired) electrons. The lowest BCUT2D eigenvalue weighted by Gasteiger charge is -2.11. The van der Waals surface area contributed by atoms with E-state index in [-0.39, 0.29) is 11.3 Å². The third kappa shape index (κ3) is 5.57. The summed E-state index contributed by atoms with van der Waals surface area (Å²) in [5.41, 5.74) is 1.000. The second-order valence-corrected chi connectivity index (χ2v) is 5.63. The Kier molecular flexibility index (Phi) is 7.56. The fourth-order valence-electron chi connectivity index (χ4n) is 2.35. The number of esters is 1. The summed E-state index contributed by atoms with van der Waals surface area (Å²) in [5, 5.41) is 0. The smallest absolute Gasteiger partial charge is 0.344 e. The van der Waals surface area contributed by atoms with Crippen molar-refractivity contribution in [1.29, 1.82) is 0 Å². The summed E-state index contributed by atoms with van der Waals surface area (Å²) in [6, 6.07) is 9.01. The third-order valence-electron chi connectivity index (χ3n) is 3.73. The van der Waals surface area contributed by atoms with Gasteiger partial charge in [-0.1, -0.05) is 18.2 Å². The SMILES string of the molecule is C/C=C/c1ccc(OCC(=O)OCC(=O)c2ccc(OC)c(F)c2)c(OC)c1. The van der Waals surface area contributed by atoms with Gasteiger partial charge in [-0.3, -0.25) is 4.79 Å². The number of methoxy groups -OCH3 is 2. The average molecular weight is 388 g/mol. The summed E-state index contributed by atoms with van der Waals surface area (Å²) in [5.74, 6) is -1.08. The second-order valence-electron chi connectivity index (χ2n) is 5.63. The first-order valence-electron chi connectivity index (χ1n) is 8.44. The Bertz CT molecular complexity index is 875. The molecule has 2 rings (SSSR count). The van der Waals surface area contributed by atoms with E-state index in [0.717, 1.165) is 11.6 Å². The van der Waals surface area contributed by atoms with Crippen molar-refractivity contribution in [2.45, 2.75) is 6.92 Å². The lowest BCUT2D eigenvalue weighted by molar-refractivity contribution is -0.144. The average Bonchev–Trinajstić information content (AvgIpc) is 2.70. The largest absolute Gasteiger partial charge is 0.494 e. The van der Waals surface area contributed by atoms with Gasteiger partial charge in [0.05, 0.1) is 14.2 Å². The monoisotopic (exact) mass is 388 g/mol. The van der Waals surface area contributed by atoms with Gasteiger partial charge in [0, 0.05) is 5.56 Å². The second kappa shape index (κ2) is 10.1. The molecule has 0 spiro atoms. The molecule has 0 saturated carbocycles. The van der Waals surface area contributed by atoms with E-state index in [1.54, 1.807) is 12.1 Å². The molecular formula is C21H21FO6. The molecule has 0 fully saturated rings. The first-order chi connectivity index (χ1) is 13.5. The summed E-state index contributed by atoms with van der Waals surface area (Å²) >= 11 is 0. The van der Waals surface area contributed by atoms with Gasteiger partial charge in [0.2, 0.25) is 0 Å². The van der Waals surface area contributed by atoms with Gasteiger partial charge in [-0.05, 0) is 42.8 Å². The fourth-order valence-corrected chi connectivity index (χ4v) is 2.35. The molecule has 0 atom stereocenters. The summed E-state index contributed by atoms with van der Waals surface area (Å²) in [6.07, 6.45) is 3.78. The first kappa shape index (κ1) is 21.0. The van der Waals surface area contributed by atoms with Crippen molar-refractivity contribution in [2.75, 3.05) is 27.4 Å². The number of halogens is 1. The first-order valence-corrected chi connectivity index (χ1v) is 8.44. The Balaban J connectivity index is 1.89. The van der Waals surface area contributed by atoms with Crippen molar-refractivity contribution in [1.82, 2.24) is 0 Å². The molecule has 7 heteroatoms. The number of allylic oxidation sites excluding steroid dienone is 1. The van der Waals surface area contributed by atoms with Crippen LogP contribution in [0.2, 0.25) is 0 Å². The molecular weight excluding hydrogens is 367 g/mol. The van der Waals surface area contributed by atoms with Crippen molar-refractivity contribution >= 4 is 17.8 Å². The number of carbonyl (C=O) groups excluding carboxylic acids is 2. The molecule has 0 N–H and O–H groups in total. The molecule has 148 valence electrons. The van der Waals surface area contributed by atoms with E-state index < -0.39 is 30.8 Å². The van der Waals surface area contributed by atoms with Crippen LogP contribution >= 0.6 is 0 Å². The molecule has 0 aromatic heterocycles. The Labute approximate surface area is 162 Å². The van der Waals surface area contributed by atoms with Gasteiger partial charge in [-0.15, -0.1) is 0 Å². The van der Waals surface area contributed by atoms with E-state index in [1.165, 1.54) is 26.4 Å². The number of hydrogen-bond acceptors (Lipinski definition) is 6. The molecule has 0 aliphatic carbocycles. The number of Topliss-reactive ketones (excluding diaryl/α,β-unsaturated/α-hetero) is 1. The highest BCUT2D eigenvalue weighted by molar-refractivity contribution is 5.98. The van der Waals surface area contributed by atoms with E-state index in [4.69, 9.17) is 18.9 Å². The number of ether oxygens (including phenoxy) is 4. The molecule has 0 bridgehead atoms. The van der Waals surface area contributed by atoms with Gasteiger partial charge < -0.3 is 18.9 Å². The lowest BCUT2D eigenvalue weighted by atomic mass is 10.1. The molecule has 28 heavy (non-hydrogen) atoms. The molecule has 0 heterocycles. The van der Waals surface area contributed by atoms with Gasteiger partial charge in [-0.25, -0.2) is 9.18 Å². The van der Waals surface area contributed by atoms with Gasteiger partial charge in [0.15, 0.2) is 42.1 Å². The maximum atomic E-state index is 13.6. The molecule has 0 saturated heterocycles. The highest BCUT2D eigenvalue weighted by Crippen LogP contribution is 2.28. The molecule has 2 aromatic carbocycles. The maximum absolute atomic E-state index is 13.6. The summed E-state index contributed by atoms with van der Waals surface area (Å²) in [4.78, 5) is 23.9. The minimum absolute atomic E-state index is 0.0244. The summed E-state index contributed by atoms with van der Waals surface area (Å²) in [6.45, 7) is 0.976. The van der Waals surface area contributed by atoms with E-state index in [1.807, 2.05) is 25.1 Å². The molecule has 0 unspecified atom stereocenters. The van der Waals surface area contributed by atoms with E-state index in [2.05, 4.69) is 0 Å². The van der Waals surface area contributed by atoms with Crippen molar-refractivity contribution in [3.8, 4) is 17.2 Å². The van der Waals surface area contributed by atoms with Crippen LogP contribution < -0.4 is 14.2 Å². The van der Waals surface area contributed by atoms with Crippen LogP contribution in [0.25, 0.3) is 6.08 Å². The Hall–Kier alpha value is -3.35. The number of ketones is 1. The van der Waals surface area contributed by atoms with Crippen LogP contribution in [-0.2, 0) is 9.53 Å². The van der Waals surface area contributed by atoms with Crippen LogP contribution in [0.4, 0.5) is 4.39 Å². The standard InChI is InChI=1S/C21H21FO6/c1-4-5-14-6-8-19(20(10-14)26-3)27-13-21(24)28-12-17(23)15-7-9-18(25-2)16(22)11-15/h4-11H,12-13H2,1-3H3/b5-4+. The number of carbonyl (C=O) groups is 2. The topological polar surface area (TPSA) is 71.1 Å². The van der Waals surface area contributed by atoms with E-state index in [0.29, 0.717) is 11.5 Å². The van der Waals surface area contributed by atoms with Crippen LogP contribution in [0.3, 0.4) is 0 Å². The highest BCUT2D eigenvalue weighted by atomic mass is 19.1. The number of benzene rings is 2. The van der Waals surface area contributed by atoms with Crippen LogP contribution in [0.5, 0.6) is 17.2 Å². The molecule has 0 amide bonds. The van der Waals surface area contributed by atoms with Gasteiger partial charge in [0.1, 0.15) is 0 Å². The molecule has 6 nitrogen and oxygen atoms in total. The van der Waals surface area contributed by atoms with Crippen molar-refractivity contribution < 1.29 is 32.9 Å². The van der Waals surface area contributed by atoms with Gasteiger partial charge in [-0.2, -0.15) is 0 Å². The quantitative estimate of drug-likeness (QED) is 0.482. The Morgan fingerprint density at radius 3 is 2.32 bits per heavy atom. The lowest BCUT2D eigenvalue weighted by Crippen LogP contribution is -2.19. The molecule has 0 aliphatic rings. The summed E-state index contributed by atoms with van der Waals surface area (Å²) in [7, 11) is 2.82. The predicted octanol–water partition coefficient (Wildman–Crippen LogP) is 3.68. The van der Waals surface area contributed by atoms with Crippen LogP contribution in [0.1, 0.15) is 22.8 Å².